The number of carbonyl (C=O) groups excluding carboxylic acids is 1. The molecule has 2 saturated heterocycles. The van der Waals surface area contributed by atoms with Gasteiger partial charge in [-0.25, -0.2) is 8.42 Å². The number of sulfonamides is 1. The molecule has 1 aromatic heterocycles. The van der Waals surface area contributed by atoms with Crippen molar-refractivity contribution >= 4 is 27.3 Å². The van der Waals surface area contributed by atoms with Crippen LogP contribution in [-0.2, 0) is 10.0 Å². The van der Waals surface area contributed by atoms with Gasteiger partial charge in [0.1, 0.15) is 10.6 Å². The minimum Gasteiger partial charge on any atom is -0.495 e. The normalized spacial score (nSPS) is 18.9. The van der Waals surface area contributed by atoms with Crippen LogP contribution in [0.15, 0.2) is 40.6 Å². The molecule has 0 bridgehead atoms. The summed E-state index contributed by atoms with van der Waals surface area (Å²) in [5, 5.41) is 5.08. The molecule has 0 spiro atoms. The minimum absolute atomic E-state index is 0.0545. The second kappa shape index (κ2) is 9.68. The van der Waals surface area contributed by atoms with Gasteiger partial charge in [-0.05, 0) is 68.4 Å². The largest absolute Gasteiger partial charge is 0.495 e. The molecule has 0 aliphatic carbocycles. The van der Waals surface area contributed by atoms with Crippen molar-refractivity contribution in [2.45, 2.75) is 36.6 Å². The van der Waals surface area contributed by atoms with Crippen LogP contribution in [0.2, 0.25) is 0 Å². The first-order chi connectivity index (χ1) is 15.0. The van der Waals surface area contributed by atoms with E-state index in [2.05, 4.69) is 21.7 Å². The maximum absolute atomic E-state index is 13.1. The van der Waals surface area contributed by atoms with Crippen LogP contribution in [0.4, 0.5) is 0 Å². The third-order valence-corrected chi connectivity index (χ3v) is 8.91. The van der Waals surface area contributed by atoms with Crippen molar-refractivity contribution in [2.75, 3.05) is 39.8 Å². The fourth-order valence-electron chi connectivity index (χ4n) is 4.32. The highest BCUT2D eigenvalue weighted by atomic mass is 32.2. The summed E-state index contributed by atoms with van der Waals surface area (Å²) >= 11 is 1.70. The molecule has 2 aliphatic rings. The first-order valence-electron chi connectivity index (χ1n) is 10.7. The molecule has 168 valence electrons. The maximum atomic E-state index is 13.1. The molecular weight excluding hydrogens is 434 g/mol. The Balaban J connectivity index is 1.53. The van der Waals surface area contributed by atoms with Crippen LogP contribution in [-0.4, -0.2) is 63.4 Å². The maximum Gasteiger partial charge on any atom is 0.251 e. The van der Waals surface area contributed by atoms with Gasteiger partial charge >= 0.3 is 0 Å². The average Bonchev–Trinajstić information content (AvgIpc) is 3.57. The number of nitrogens with one attached hydrogen (secondary N) is 1. The number of rotatable bonds is 8. The lowest BCUT2D eigenvalue weighted by atomic mass is 10.1. The van der Waals surface area contributed by atoms with Crippen LogP contribution in [0.5, 0.6) is 5.75 Å². The van der Waals surface area contributed by atoms with E-state index in [-0.39, 0.29) is 22.6 Å². The quantitative estimate of drug-likeness (QED) is 0.651. The Labute approximate surface area is 188 Å². The Kier molecular flexibility index (Phi) is 6.95. The monoisotopic (exact) mass is 463 g/mol. The lowest BCUT2D eigenvalue weighted by molar-refractivity contribution is 0.0938. The Morgan fingerprint density at radius 1 is 1.13 bits per heavy atom. The summed E-state index contributed by atoms with van der Waals surface area (Å²) in [7, 11) is -2.25. The summed E-state index contributed by atoms with van der Waals surface area (Å²) < 4.78 is 32.9. The highest BCUT2D eigenvalue weighted by Gasteiger charge is 2.31. The number of amides is 1. The third-order valence-electron chi connectivity index (χ3n) is 6.02. The van der Waals surface area contributed by atoms with E-state index in [0.29, 0.717) is 25.2 Å². The van der Waals surface area contributed by atoms with Gasteiger partial charge in [0.25, 0.3) is 5.91 Å². The summed E-state index contributed by atoms with van der Waals surface area (Å²) in [4.78, 5) is 16.6. The summed E-state index contributed by atoms with van der Waals surface area (Å²) in [5.41, 5.74) is 0.324. The average molecular weight is 464 g/mol. The number of carbonyl (C=O) groups is 1. The zero-order valence-electron chi connectivity index (χ0n) is 17.7. The summed E-state index contributed by atoms with van der Waals surface area (Å²) in [6.07, 6.45) is 4.04. The number of benzene rings is 1. The SMILES string of the molecule is COc1ccc(C(=O)NCC(c2cccs2)N2CCCC2)cc1S(=O)(=O)N1CCCC1. The van der Waals surface area contributed by atoms with E-state index in [1.54, 1.807) is 23.5 Å². The number of hydrogen-bond donors (Lipinski definition) is 1. The Morgan fingerprint density at radius 2 is 1.84 bits per heavy atom. The van der Waals surface area contributed by atoms with Crippen LogP contribution in [0.3, 0.4) is 0 Å². The van der Waals surface area contributed by atoms with E-state index in [9.17, 15) is 13.2 Å². The van der Waals surface area contributed by atoms with E-state index in [1.807, 2.05) is 6.07 Å². The van der Waals surface area contributed by atoms with Gasteiger partial charge in [0.15, 0.2) is 0 Å². The summed E-state index contributed by atoms with van der Waals surface area (Å²) in [5.74, 6) is -0.0155. The minimum atomic E-state index is -3.70. The van der Waals surface area contributed by atoms with Crippen LogP contribution in [0.1, 0.15) is 47.0 Å². The molecule has 0 radical (unpaired) electrons. The number of hydrogen-bond acceptors (Lipinski definition) is 6. The Morgan fingerprint density at radius 3 is 2.48 bits per heavy atom. The van der Waals surface area contributed by atoms with Crippen LogP contribution >= 0.6 is 11.3 Å². The number of ether oxygens (including phenoxy) is 1. The van der Waals surface area contributed by atoms with Crippen LogP contribution < -0.4 is 10.1 Å². The fraction of sp³-hybridized carbons (Fsp3) is 0.500. The molecule has 1 atom stereocenters. The number of likely N-dealkylation sites (tertiary alicyclic amines) is 1. The van der Waals surface area contributed by atoms with Gasteiger partial charge in [0.2, 0.25) is 10.0 Å². The topological polar surface area (TPSA) is 79.0 Å². The van der Waals surface area contributed by atoms with Gasteiger partial charge in [-0.2, -0.15) is 4.31 Å². The van der Waals surface area contributed by atoms with E-state index < -0.39 is 10.0 Å². The lowest BCUT2D eigenvalue weighted by Gasteiger charge is -2.27. The molecule has 1 aromatic carbocycles. The predicted molar refractivity (Wildman–Crippen MR) is 121 cm³/mol. The van der Waals surface area contributed by atoms with Crippen molar-refractivity contribution in [3.63, 3.8) is 0 Å². The molecule has 1 unspecified atom stereocenters. The molecule has 7 nitrogen and oxygen atoms in total. The van der Waals surface area contributed by atoms with E-state index in [1.165, 1.54) is 35.2 Å². The first-order valence-corrected chi connectivity index (χ1v) is 13.1. The molecular formula is C22H29N3O4S2. The number of methoxy groups -OCH3 is 1. The number of nitrogens with zero attached hydrogens (tertiary/aromatic N) is 2. The zero-order valence-corrected chi connectivity index (χ0v) is 19.4. The second-order valence-corrected chi connectivity index (χ2v) is 10.8. The van der Waals surface area contributed by atoms with Crippen molar-refractivity contribution in [2.24, 2.45) is 0 Å². The fourth-order valence-corrected chi connectivity index (χ4v) is 6.88. The lowest BCUT2D eigenvalue weighted by Crippen LogP contribution is -2.36. The summed E-state index contributed by atoms with van der Waals surface area (Å²) in [6.45, 7) is 3.54. The first kappa shape index (κ1) is 22.3. The molecule has 9 heteroatoms. The number of thiophene rings is 1. The molecule has 0 saturated carbocycles. The van der Waals surface area contributed by atoms with Gasteiger partial charge in [-0.1, -0.05) is 6.07 Å². The molecule has 4 rings (SSSR count). The van der Waals surface area contributed by atoms with Gasteiger partial charge in [-0.3, -0.25) is 9.69 Å². The van der Waals surface area contributed by atoms with Crippen molar-refractivity contribution in [3.8, 4) is 5.75 Å². The van der Waals surface area contributed by atoms with Crippen molar-refractivity contribution in [3.05, 3.63) is 46.2 Å². The molecule has 31 heavy (non-hydrogen) atoms. The van der Waals surface area contributed by atoms with Gasteiger partial charge in [0, 0.05) is 30.1 Å². The molecule has 2 fully saturated rings. The summed E-state index contributed by atoms with van der Waals surface area (Å²) in [6, 6.07) is 8.90. The Hall–Kier alpha value is -1.94. The zero-order chi connectivity index (χ0) is 21.8. The van der Waals surface area contributed by atoms with Crippen molar-refractivity contribution in [1.82, 2.24) is 14.5 Å². The van der Waals surface area contributed by atoms with Crippen molar-refractivity contribution in [1.29, 1.82) is 0 Å². The van der Waals surface area contributed by atoms with E-state index in [0.717, 1.165) is 25.9 Å². The third kappa shape index (κ3) is 4.79. The van der Waals surface area contributed by atoms with Crippen LogP contribution in [0, 0.1) is 0 Å². The molecule has 2 aliphatic heterocycles. The molecule has 2 aromatic rings. The molecule has 3 heterocycles. The highest BCUT2D eigenvalue weighted by molar-refractivity contribution is 7.89. The smallest absolute Gasteiger partial charge is 0.251 e. The second-order valence-electron chi connectivity index (χ2n) is 7.96. The van der Waals surface area contributed by atoms with Crippen molar-refractivity contribution < 1.29 is 17.9 Å². The van der Waals surface area contributed by atoms with E-state index >= 15 is 0 Å². The molecule has 1 amide bonds. The Bertz CT molecular complexity index is 996. The standard InChI is InChI=1S/C22H29N3O4S2/c1-29-19-9-8-17(15-21(19)31(27,28)25-12-4-5-13-25)22(26)23-16-18(20-7-6-14-30-20)24-10-2-3-11-24/h6-9,14-15,18H,2-5,10-13,16H2,1H3,(H,23,26). The highest BCUT2D eigenvalue weighted by Crippen LogP contribution is 2.31. The van der Waals surface area contributed by atoms with Gasteiger partial charge in [-0.15, -0.1) is 11.3 Å². The van der Waals surface area contributed by atoms with Gasteiger partial charge in [0.05, 0.1) is 13.2 Å². The van der Waals surface area contributed by atoms with Crippen LogP contribution in [0.25, 0.3) is 0 Å². The van der Waals surface area contributed by atoms with Gasteiger partial charge < -0.3 is 10.1 Å². The van der Waals surface area contributed by atoms with E-state index in [4.69, 9.17) is 4.74 Å². The molecule has 1 N–H and O–H groups in total. The predicted octanol–water partition coefficient (Wildman–Crippen LogP) is 3.11.